The Morgan fingerprint density at radius 2 is 1.55 bits per heavy atom. The van der Waals surface area contributed by atoms with Gasteiger partial charge in [-0.1, -0.05) is 51.1 Å². The molecule has 33 heavy (non-hydrogen) atoms. The maximum Gasteiger partial charge on any atom is 0.271 e. The Morgan fingerprint density at radius 3 is 2.12 bits per heavy atom. The summed E-state index contributed by atoms with van der Waals surface area (Å²) in [5, 5.41) is 7.22. The van der Waals surface area contributed by atoms with Crippen LogP contribution >= 0.6 is 0 Å². The average Bonchev–Trinajstić information content (AvgIpc) is 2.78. The van der Waals surface area contributed by atoms with Crippen molar-refractivity contribution in [2.24, 2.45) is 11.0 Å². The first-order chi connectivity index (χ1) is 15.5. The number of allylic oxidation sites excluding steroid dienone is 3. The summed E-state index contributed by atoms with van der Waals surface area (Å²) in [5.41, 5.74) is 8.64. The number of benzene rings is 2. The summed E-state index contributed by atoms with van der Waals surface area (Å²) in [5.74, 6) is -0.119. The largest absolute Gasteiger partial charge is 0.322 e. The minimum Gasteiger partial charge on any atom is -0.322 e. The molecule has 1 atom stereocenters. The number of anilines is 1. The van der Waals surface area contributed by atoms with E-state index in [1.54, 1.807) is 24.3 Å². The molecule has 1 aliphatic carbocycles. The van der Waals surface area contributed by atoms with Gasteiger partial charge in [-0.05, 0) is 85.6 Å². The molecule has 0 aromatic heterocycles. The van der Waals surface area contributed by atoms with Gasteiger partial charge in [0, 0.05) is 16.8 Å². The van der Waals surface area contributed by atoms with E-state index in [1.165, 1.54) is 5.56 Å². The van der Waals surface area contributed by atoms with Crippen molar-refractivity contribution >= 4 is 23.2 Å². The highest BCUT2D eigenvalue weighted by Crippen LogP contribution is 2.26. The van der Waals surface area contributed by atoms with Crippen LogP contribution in [0, 0.1) is 5.92 Å². The summed E-state index contributed by atoms with van der Waals surface area (Å²) >= 11 is 0. The molecule has 172 valence electrons. The number of hydrogen-bond acceptors (Lipinski definition) is 3. The fourth-order valence-electron chi connectivity index (χ4n) is 3.64. The van der Waals surface area contributed by atoms with Gasteiger partial charge in [-0.3, -0.25) is 9.59 Å². The zero-order chi connectivity index (χ0) is 24.2. The van der Waals surface area contributed by atoms with E-state index in [0.29, 0.717) is 22.7 Å². The highest BCUT2D eigenvalue weighted by Gasteiger charge is 2.19. The van der Waals surface area contributed by atoms with Crippen LogP contribution in [-0.4, -0.2) is 17.5 Å². The van der Waals surface area contributed by atoms with Gasteiger partial charge in [0.25, 0.3) is 11.8 Å². The number of amides is 2. The fourth-order valence-corrected chi connectivity index (χ4v) is 3.64. The Balaban J connectivity index is 1.61. The zero-order valence-corrected chi connectivity index (χ0v) is 20.2. The van der Waals surface area contributed by atoms with E-state index in [1.807, 2.05) is 38.1 Å². The summed E-state index contributed by atoms with van der Waals surface area (Å²) in [6.45, 7) is 14.5. The molecule has 0 unspecified atom stereocenters. The summed E-state index contributed by atoms with van der Waals surface area (Å²) in [6.07, 6.45) is 3.88. The first kappa shape index (κ1) is 24.2. The van der Waals surface area contributed by atoms with E-state index in [2.05, 4.69) is 49.3 Å². The van der Waals surface area contributed by atoms with Crippen molar-refractivity contribution in [1.29, 1.82) is 0 Å². The Morgan fingerprint density at radius 1 is 0.970 bits per heavy atom. The van der Waals surface area contributed by atoms with Crippen LogP contribution in [0.1, 0.15) is 73.7 Å². The predicted molar refractivity (Wildman–Crippen MR) is 136 cm³/mol. The second kappa shape index (κ2) is 9.99. The third-order valence-electron chi connectivity index (χ3n) is 6.01. The van der Waals surface area contributed by atoms with Crippen LogP contribution in [0.3, 0.4) is 0 Å². The second-order valence-electron chi connectivity index (χ2n) is 9.73. The zero-order valence-electron chi connectivity index (χ0n) is 20.2. The number of rotatable bonds is 5. The van der Waals surface area contributed by atoms with Gasteiger partial charge >= 0.3 is 0 Å². The molecular formula is C28H33N3O2. The monoisotopic (exact) mass is 443 g/mol. The van der Waals surface area contributed by atoms with E-state index < -0.39 is 0 Å². The standard InChI is InChI=1S/C28H33N3O2/c1-18(2)22-8-7-19(3)25(17-22)30-31-27(33)21-11-15-24(16-12-21)29-26(32)20-9-13-23(14-10-20)28(4,5)6/h7,9-16,22H,1,8,17H2,2-6H3,(H,29,32)(H,31,33)/b30-25+/t22-/m0/s1. The number of hydrogen-bond donors (Lipinski definition) is 2. The van der Waals surface area contributed by atoms with Gasteiger partial charge in [0.05, 0.1) is 5.71 Å². The quantitative estimate of drug-likeness (QED) is 0.423. The van der Waals surface area contributed by atoms with Crippen LogP contribution in [0.25, 0.3) is 0 Å². The van der Waals surface area contributed by atoms with Crippen molar-refractivity contribution in [2.45, 2.75) is 52.9 Å². The molecule has 0 fully saturated rings. The molecular weight excluding hydrogens is 410 g/mol. The molecule has 0 saturated heterocycles. The minimum absolute atomic E-state index is 0.0362. The van der Waals surface area contributed by atoms with Crippen LogP contribution in [0.15, 0.2) is 77.4 Å². The predicted octanol–water partition coefficient (Wildman–Crippen LogP) is 6.25. The smallest absolute Gasteiger partial charge is 0.271 e. The topological polar surface area (TPSA) is 70.6 Å². The number of carbonyl (C=O) groups is 2. The SMILES string of the molecule is C=C(C)[C@H]1CC=C(C)/C(=N/NC(=O)c2ccc(NC(=O)c3ccc(C(C)(C)C)cc3)cc2)C1. The number of nitrogens with one attached hydrogen (secondary N) is 2. The lowest BCUT2D eigenvalue weighted by Crippen LogP contribution is -2.23. The highest BCUT2D eigenvalue weighted by molar-refractivity contribution is 6.05. The number of carbonyl (C=O) groups excluding carboxylic acids is 2. The summed E-state index contributed by atoms with van der Waals surface area (Å²) in [6, 6.07) is 14.4. The van der Waals surface area contributed by atoms with Crippen LogP contribution in [0.4, 0.5) is 5.69 Å². The van der Waals surface area contributed by atoms with Gasteiger partial charge in [-0.15, -0.1) is 0 Å². The van der Waals surface area contributed by atoms with E-state index in [0.717, 1.165) is 29.7 Å². The summed E-state index contributed by atoms with van der Waals surface area (Å²) in [4.78, 5) is 25.1. The molecule has 0 saturated carbocycles. The average molecular weight is 444 g/mol. The lowest BCUT2D eigenvalue weighted by Gasteiger charge is -2.22. The van der Waals surface area contributed by atoms with E-state index in [-0.39, 0.29) is 17.2 Å². The van der Waals surface area contributed by atoms with Crippen molar-refractivity contribution in [3.63, 3.8) is 0 Å². The number of nitrogens with zero attached hydrogens (tertiary/aromatic N) is 1. The summed E-state index contributed by atoms with van der Waals surface area (Å²) in [7, 11) is 0. The molecule has 0 radical (unpaired) electrons. The molecule has 3 rings (SSSR count). The van der Waals surface area contributed by atoms with Crippen molar-refractivity contribution in [3.05, 3.63) is 89.0 Å². The van der Waals surface area contributed by atoms with Crippen LogP contribution in [0.2, 0.25) is 0 Å². The molecule has 2 aromatic carbocycles. The highest BCUT2D eigenvalue weighted by atomic mass is 16.2. The van der Waals surface area contributed by atoms with Gasteiger partial charge in [-0.25, -0.2) is 5.43 Å². The maximum atomic E-state index is 12.6. The fraction of sp³-hybridized carbons (Fsp3) is 0.321. The lowest BCUT2D eigenvalue weighted by molar-refractivity contribution is 0.0954. The third-order valence-corrected chi connectivity index (χ3v) is 6.01. The van der Waals surface area contributed by atoms with Gasteiger partial charge < -0.3 is 5.32 Å². The van der Waals surface area contributed by atoms with Gasteiger partial charge in [0.15, 0.2) is 0 Å². The van der Waals surface area contributed by atoms with E-state index in [4.69, 9.17) is 0 Å². The van der Waals surface area contributed by atoms with Crippen LogP contribution in [0.5, 0.6) is 0 Å². The van der Waals surface area contributed by atoms with E-state index in [9.17, 15) is 9.59 Å². The Bertz CT molecular complexity index is 1100. The minimum atomic E-state index is -0.289. The van der Waals surface area contributed by atoms with Crippen LogP contribution in [-0.2, 0) is 5.41 Å². The van der Waals surface area contributed by atoms with Crippen molar-refractivity contribution in [3.8, 4) is 0 Å². The normalized spacial score (nSPS) is 17.3. The molecule has 1 aliphatic rings. The molecule has 0 heterocycles. The molecule has 2 aromatic rings. The lowest BCUT2D eigenvalue weighted by atomic mass is 9.85. The van der Waals surface area contributed by atoms with Gasteiger partial charge in [0.1, 0.15) is 0 Å². The molecule has 0 aliphatic heterocycles. The first-order valence-electron chi connectivity index (χ1n) is 11.3. The third kappa shape index (κ3) is 6.28. The second-order valence-corrected chi connectivity index (χ2v) is 9.73. The Hall–Kier alpha value is -3.47. The van der Waals surface area contributed by atoms with Crippen molar-refractivity contribution < 1.29 is 9.59 Å². The van der Waals surface area contributed by atoms with Crippen LogP contribution < -0.4 is 10.7 Å². The Labute approximate surface area is 196 Å². The molecule has 0 spiro atoms. The molecule has 0 bridgehead atoms. The van der Waals surface area contributed by atoms with Gasteiger partial charge in [-0.2, -0.15) is 5.10 Å². The van der Waals surface area contributed by atoms with Crippen molar-refractivity contribution in [2.75, 3.05) is 5.32 Å². The molecule has 2 amide bonds. The van der Waals surface area contributed by atoms with E-state index >= 15 is 0 Å². The summed E-state index contributed by atoms with van der Waals surface area (Å²) < 4.78 is 0. The van der Waals surface area contributed by atoms with Crippen molar-refractivity contribution in [1.82, 2.24) is 5.43 Å². The first-order valence-corrected chi connectivity index (χ1v) is 11.3. The maximum absolute atomic E-state index is 12.6. The number of hydrazone groups is 1. The molecule has 5 nitrogen and oxygen atoms in total. The van der Waals surface area contributed by atoms with Gasteiger partial charge in [0.2, 0.25) is 0 Å². The molecule has 2 N–H and O–H groups in total. The Kier molecular flexibility index (Phi) is 7.32. The molecule has 5 heteroatoms.